The lowest BCUT2D eigenvalue weighted by Crippen LogP contribution is -2.34. The Morgan fingerprint density at radius 1 is 1.28 bits per heavy atom. The highest BCUT2D eigenvalue weighted by atomic mass is 35.5. The number of carbonyl (C=O) groups excluding carboxylic acids is 1. The van der Waals surface area contributed by atoms with Crippen molar-refractivity contribution in [2.45, 2.75) is 25.1 Å². The molecule has 1 aliphatic heterocycles. The van der Waals surface area contributed by atoms with Gasteiger partial charge in [-0.25, -0.2) is 9.18 Å². The maximum Gasteiger partial charge on any atom is 0.323 e. The first-order valence-corrected chi connectivity index (χ1v) is 9.62. The molecule has 1 heterocycles. The van der Waals surface area contributed by atoms with Gasteiger partial charge in [0.2, 0.25) is 0 Å². The fraction of sp³-hybridized carbons (Fsp3) is 0.316. The molecule has 1 saturated heterocycles. The molecule has 0 saturated carbocycles. The number of benzene rings is 2. The number of hydrogen-bond donors (Lipinski definition) is 1. The van der Waals surface area contributed by atoms with Gasteiger partial charge in [0.25, 0.3) is 0 Å². The van der Waals surface area contributed by atoms with E-state index in [9.17, 15) is 9.18 Å². The topological polar surface area (TPSA) is 32.3 Å². The summed E-state index contributed by atoms with van der Waals surface area (Å²) in [6.45, 7) is 4.99. The zero-order chi connectivity index (χ0) is 18.0. The van der Waals surface area contributed by atoms with E-state index in [1.807, 2.05) is 0 Å². The third-order valence-corrected chi connectivity index (χ3v) is 5.76. The van der Waals surface area contributed by atoms with Crippen molar-refractivity contribution in [2.24, 2.45) is 0 Å². The smallest absolute Gasteiger partial charge is 0.308 e. The van der Waals surface area contributed by atoms with E-state index in [-0.39, 0.29) is 16.4 Å². The molecule has 0 unspecified atom stereocenters. The van der Waals surface area contributed by atoms with Crippen molar-refractivity contribution in [3.63, 3.8) is 0 Å². The van der Waals surface area contributed by atoms with Gasteiger partial charge in [-0.15, -0.1) is 11.8 Å². The van der Waals surface area contributed by atoms with Crippen molar-refractivity contribution >= 4 is 35.1 Å². The Kier molecular flexibility index (Phi) is 5.54. The number of thioether (sulfide) groups is 1. The van der Waals surface area contributed by atoms with Crippen LogP contribution in [0, 0.1) is 5.82 Å². The van der Waals surface area contributed by atoms with Gasteiger partial charge in [0.05, 0.1) is 5.02 Å². The van der Waals surface area contributed by atoms with Crippen LogP contribution in [0.5, 0.6) is 0 Å². The Hall–Kier alpha value is -1.72. The molecule has 2 aromatic carbocycles. The van der Waals surface area contributed by atoms with Gasteiger partial charge in [-0.2, -0.15) is 0 Å². The van der Waals surface area contributed by atoms with Crippen LogP contribution in [-0.4, -0.2) is 23.2 Å². The van der Waals surface area contributed by atoms with Crippen molar-refractivity contribution in [3.05, 3.63) is 64.4 Å². The number of anilines is 1. The van der Waals surface area contributed by atoms with Crippen LogP contribution in [0.2, 0.25) is 5.02 Å². The molecule has 0 aliphatic carbocycles. The molecule has 0 aromatic heterocycles. The maximum absolute atomic E-state index is 13.3. The van der Waals surface area contributed by atoms with Gasteiger partial charge in [0.1, 0.15) is 11.2 Å². The number of rotatable bonds is 3. The standard InChI is InChI=1S/C19H20ClFN2OS/c1-12(2)13-3-5-14(6-4-13)18-23(9-10-25-18)19(24)22-15-7-8-17(21)16(20)11-15/h3-8,11-12,18H,9-10H2,1-2H3,(H,22,24)/t18-/m1/s1. The van der Waals surface area contributed by atoms with E-state index in [0.29, 0.717) is 18.2 Å². The SMILES string of the molecule is CC(C)c1ccc([C@H]2SCCN2C(=O)Nc2ccc(F)c(Cl)c2)cc1. The Morgan fingerprint density at radius 3 is 2.64 bits per heavy atom. The van der Waals surface area contributed by atoms with E-state index < -0.39 is 5.82 Å². The molecule has 3 rings (SSSR count). The Labute approximate surface area is 156 Å². The van der Waals surface area contributed by atoms with Crippen LogP contribution in [0.3, 0.4) is 0 Å². The van der Waals surface area contributed by atoms with E-state index in [2.05, 4.69) is 43.4 Å². The number of halogens is 2. The monoisotopic (exact) mass is 378 g/mol. The lowest BCUT2D eigenvalue weighted by Gasteiger charge is -2.25. The molecule has 6 heteroatoms. The quantitative estimate of drug-likeness (QED) is 0.723. The Morgan fingerprint density at radius 2 is 2.00 bits per heavy atom. The minimum absolute atomic E-state index is 0.00517. The van der Waals surface area contributed by atoms with E-state index in [4.69, 9.17) is 11.6 Å². The molecule has 1 N–H and O–H groups in total. The average Bonchev–Trinajstić information content (AvgIpc) is 3.08. The highest BCUT2D eigenvalue weighted by Crippen LogP contribution is 2.38. The van der Waals surface area contributed by atoms with Crippen LogP contribution in [0.25, 0.3) is 0 Å². The fourth-order valence-electron chi connectivity index (χ4n) is 2.77. The summed E-state index contributed by atoms with van der Waals surface area (Å²) in [6, 6.07) is 12.4. The highest BCUT2D eigenvalue weighted by molar-refractivity contribution is 7.99. The predicted octanol–water partition coefficient (Wildman–Crippen LogP) is 5.88. The first-order chi connectivity index (χ1) is 12.0. The largest absolute Gasteiger partial charge is 0.323 e. The van der Waals surface area contributed by atoms with Crippen LogP contribution < -0.4 is 5.32 Å². The van der Waals surface area contributed by atoms with Crippen LogP contribution in [-0.2, 0) is 0 Å². The third kappa shape index (κ3) is 4.10. The second-order valence-corrected chi connectivity index (χ2v) is 7.89. The van der Waals surface area contributed by atoms with Gasteiger partial charge in [-0.1, -0.05) is 49.7 Å². The minimum atomic E-state index is -0.500. The van der Waals surface area contributed by atoms with Crippen LogP contribution in [0.1, 0.15) is 36.3 Å². The molecule has 25 heavy (non-hydrogen) atoms. The van der Waals surface area contributed by atoms with Crippen molar-refractivity contribution in [1.82, 2.24) is 4.90 Å². The predicted molar refractivity (Wildman–Crippen MR) is 103 cm³/mol. The molecule has 0 bridgehead atoms. The zero-order valence-electron chi connectivity index (χ0n) is 14.1. The molecule has 132 valence electrons. The first-order valence-electron chi connectivity index (χ1n) is 8.20. The number of hydrogen-bond acceptors (Lipinski definition) is 2. The molecular weight excluding hydrogens is 359 g/mol. The maximum atomic E-state index is 13.3. The summed E-state index contributed by atoms with van der Waals surface area (Å²) in [5.74, 6) is 0.862. The van der Waals surface area contributed by atoms with Gasteiger partial charge in [0, 0.05) is 18.0 Å². The third-order valence-electron chi connectivity index (χ3n) is 4.21. The van der Waals surface area contributed by atoms with Gasteiger partial charge < -0.3 is 10.2 Å². The van der Waals surface area contributed by atoms with E-state index >= 15 is 0 Å². The van der Waals surface area contributed by atoms with Gasteiger partial charge in [0.15, 0.2) is 0 Å². The van der Waals surface area contributed by atoms with Crippen molar-refractivity contribution in [3.8, 4) is 0 Å². The molecule has 0 radical (unpaired) electrons. The first kappa shape index (κ1) is 18.1. The number of carbonyl (C=O) groups is 1. The normalized spacial score (nSPS) is 17.2. The summed E-state index contributed by atoms with van der Waals surface area (Å²) in [5, 5.41) is 2.78. The van der Waals surface area contributed by atoms with Gasteiger partial charge in [-0.05, 0) is 35.2 Å². The summed E-state index contributed by atoms with van der Waals surface area (Å²) >= 11 is 7.52. The summed E-state index contributed by atoms with van der Waals surface area (Å²) in [5.41, 5.74) is 2.88. The summed E-state index contributed by atoms with van der Waals surface area (Å²) in [4.78, 5) is 14.4. The molecular formula is C19H20ClFN2OS. The molecule has 2 amide bonds. The second-order valence-electron chi connectivity index (χ2n) is 6.30. The number of nitrogens with one attached hydrogen (secondary N) is 1. The second kappa shape index (κ2) is 7.67. The lowest BCUT2D eigenvalue weighted by molar-refractivity contribution is 0.214. The molecule has 1 fully saturated rings. The average molecular weight is 379 g/mol. The Bertz CT molecular complexity index is 767. The van der Waals surface area contributed by atoms with E-state index in [1.165, 1.54) is 23.8 Å². The number of nitrogens with zero attached hydrogens (tertiary/aromatic N) is 1. The molecule has 3 nitrogen and oxygen atoms in total. The zero-order valence-corrected chi connectivity index (χ0v) is 15.7. The molecule has 1 aliphatic rings. The van der Waals surface area contributed by atoms with Crippen molar-refractivity contribution in [1.29, 1.82) is 0 Å². The van der Waals surface area contributed by atoms with Gasteiger partial charge >= 0.3 is 6.03 Å². The van der Waals surface area contributed by atoms with Crippen LogP contribution in [0.15, 0.2) is 42.5 Å². The van der Waals surface area contributed by atoms with E-state index in [1.54, 1.807) is 16.7 Å². The summed E-state index contributed by atoms with van der Waals surface area (Å²) in [7, 11) is 0. The lowest BCUT2D eigenvalue weighted by atomic mass is 10.0. The van der Waals surface area contributed by atoms with Crippen LogP contribution >= 0.6 is 23.4 Å². The summed E-state index contributed by atoms with van der Waals surface area (Å²) in [6.07, 6.45) is 0. The highest BCUT2D eigenvalue weighted by Gasteiger charge is 2.30. The Balaban J connectivity index is 1.74. The minimum Gasteiger partial charge on any atom is -0.308 e. The molecule has 1 atom stereocenters. The number of amides is 2. The summed E-state index contributed by atoms with van der Waals surface area (Å²) < 4.78 is 13.3. The molecule has 2 aromatic rings. The van der Waals surface area contributed by atoms with Crippen molar-refractivity contribution in [2.75, 3.05) is 17.6 Å². The van der Waals surface area contributed by atoms with Crippen molar-refractivity contribution < 1.29 is 9.18 Å². The van der Waals surface area contributed by atoms with Crippen LogP contribution in [0.4, 0.5) is 14.9 Å². The van der Waals surface area contributed by atoms with Gasteiger partial charge in [-0.3, -0.25) is 0 Å². The number of urea groups is 1. The fourth-order valence-corrected chi connectivity index (χ4v) is 4.21. The molecule has 0 spiro atoms. The van der Waals surface area contributed by atoms with E-state index in [0.717, 1.165) is 11.3 Å².